The van der Waals surface area contributed by atoms with Crippen molar-refractivity contribution in [2.24, 2.45) is 5.73 Å². The summed E-state index contributed by atoms with van der Waals surface area (Å²) in [4.78, 5) is 31.4. The van der Waals surface area contributed by atoms with E-state index >= 15 is 0 Å². The first-order valence-corrected chi connectivity index (χ1v) is 9.03. The minimum absolute atomic E-state index is 0.184. The number of hydrogen-bond donors (Lipinski definition) is 2. The van der Waals surface area contributed by atoms with Gasteiger partial charge in [-0.25, -0.2) is 9.97 Å². The highest BCUT2D eigenvalue weighted by atomic mass is 19.4. The molecule has 0 fully saturated rings. The number of para-hydroxylation sites is 1. The average Bonchev–Trinajstić information content (AvgIpc) is 2.73. The maximum Gasteiger partial charge on any atom is 0.573 e. The Morgan fingerprint density at radius 3 is 2.48 bits per heavy atom. The molecule has 10 heteroatoms. The van der Waals surface area contributed by atoms with Crippen LogP contribution in [0.4, 0.5) is 13.2 Å². The summed E-state index contributed by atoms with van der Waals surface area (Å²) >= 11 is 0. The van der Waals surface area contributed by atoms with Crippen molar-refractivity contribution in [3.8, 4) is 28.1 Å². The van der Waals surface area contributed by atoms with E-state index in [1.807, 2.05) is 0 Å². The highest BCUT2D eigenvalue weighted by Crippen LogP contribution is 2.35. The number of primary amides is 1. The second-order valence-electron chi connectivity index (χ2n) is 6.49. The number of nitrogens with two attached hydrogens (primary N) is 1. The van der Waals surface area contributed by atoms with Crippen LogP contribution in [0.15, 0.2) is 60.8 Å². The number of aromatic nitrogens is 2. The largest absolute Gasteiger partial charge is 0.573 e. The van der Waals surface area contributed by atoms with Gasteiger partial charge in [0, 0.05) is 17.3 Å². The minimum Gasteiger partial charge on any atom is -0.405 e. The van der Waals surface area contributed by atoms with Crippen molar-refractivity contribution in [3.05, 3.63) is 66.6 Å². The monoisotopic (exact) mass is 430 g/mol. The first-order chi connectivity index (χ1) is 14.6. The van der Waals surface area contributed by atoms with Gasteiger partial charge < -0.3 is 15.8 Å². The fraction of sp³-hybridized carbons (Fsp3) is 0.143. The minimum atomic E-state index is -4.83. The molecule has 1 atom stereocenters. The third-order valence-corrected chi connectivity index (χ3v) is 4.22. The van der Waals surface area contributed by atoms with Gasteiger partial charge in [0.25, 0.3) is 5.91 Å². The molecule has 2 aromatic carbocycles. The molecule has 1 aromatic heterocycles. The molecule has 7 nitrogen and oxygen atoms in total. The molecule has 1 heterocycles. The molecule has 31 heavy (non-hydrogen) atoms. The van der Waals surface area contributed by atoms with Crippen molar-refractivity contribution < 1.29 is 27.5 Å². The molecule has 3 rings (SSSR count). The average molecular weight is 430 g/mol. The first kappa shape index (κ1) is 21.8. The molecule has 0 radical (unpaired) electrons. The van der Waals surface area contributed by atoms with Crippen LogP contribution in [0.3, 0.4) is 0 Å². The Hall–Kier alpha value is -3.95. The van der Waals surface area contributed by atoms with Crippen molar-refractivity contribution >= 4 is 11.8 Å². The second kappa shape index (κ2) is 8.82. The normalized spacial score (nSPS) is 12.1. The molecule has 3 aromatic rings. The highest BCUT2D eigenvalue weighted by molar-refractivity contribution is 5.94. The Balaban J connectivity index is 1.93. The number of carbonyl (C=O) groups excluding carboxylic acids is 2. The lowest BCUT2D eigenvalue weighted by Gasteiger charge is -2.14. The predicted octanol–water partition coefficient (Wildman–Crippen LogP) is 3.31. The van der Waals surface area contributed by atoms with E-state index in [4.69, 9.17) is 5.73 Å². The quantitative estimate of drug-likeness (QED) is 0.624. The number of amides is 2. The van der Waals surface area contributed by atoms with E-state index in [9.17, 15) is 22.8 Å². The smallest absolute Gasteiger partial charge is 0.405 e. The summed E-state index contributed by atoms with van der Waals surface area (Å²) in [5.74, 6) is -1.92. The molecular weight excluding hydrogens is 413 g/mol. The van der Waals surface area contributed by atoms with Crippen LogP contribution >= 0.6 is 0 Å². The van der Waals surface area contributed by atoms with E-state index in [0.29, 0.717) is 16.8 Å². The standard InChI is InChI=1S/C21H17F3N4O3/c1-12(18(25)29)27-20(30)19-26-10-9-16(28-19)14-6-4-5-13(11-14)15-7-2-3-8-17(15)31-21(22,23)24/h2-12H,1H3,(H2,25,29)(H,27,30)/t12-/m0/s1. The van der Waals surface area contributed by atoms with Crippen LogP contribution in [-0.4, -0.2) is 34.2 Å². The topological polar surface area (TPSA) is 107 Å². The molecule has 160 valence electrons. The number of nitrogens with one attached hydrogen (secondary N) is 1. The number of alkyl halides is 3. The Labute approximate surface area is 175 Å². The van der Waals surface area contributed by atoms with Gasteiger partial charge in [0.15, 0.2) is 0 Å². The Kier molecular flexibility index (Phi) is 6.19. The van der Waals surface area contributed by atoms with Gasteiger partial charge in [-0.15, -0.1) is 13.2 Å². The van der Waals surface area contributed by atoms with E-state index in [2.05, 4.69) is 20.0 Å². The number of benzene rings is 2. The summed E-state index contributed by atoms with van der Waals surface area (Å²) < 4.78 is 42.3. The van der Waals surface area contributed by atoms with Crippen LogP contribution in [-0.2, 0) is 4.79 Å². The summed E-state index contributed by atoms with van der Waals surface area (Å²) in [7, 11) is 0. The number of rotatable bonds is 6. The summed E-state index contributed by atoms with van der Waals surface area (Å²) in [6, 6.07) is 13.0. The zero-order valence-corrected chi connectivity index (χ0v) is 16.2. The van der Waals surface area contributed by atoms with Gasteiger partial charge in [-0.2, -0.15) is 0 Å². The Morgan fingerprint density at radius 1 is 1.06 bits per heavy atom. The molecule has 0 bridgehead atoms. The lowest BCUT2D eigenvalue weighted by atomic mass is 10.0. The molecule has 3 N–H and O–H groups in total. The van der Waals surface area contributed by atoms with E-state index in [-0.39, 0.29) is 17.1 Å². The maximum atomic E-state index is 12.7. The molecule has 0 saturated heterocycles. The third-order valence-electron chi connectivity index (χ3n) is 4.22. The Bertz CT molecular complexity index is 1120. The van der Waals surface area contributed by atoms with Crippen LogP contribution in [0.2, 0.25) is 0 Å². The second-order valence-corrected chi connectivity index (χ2v) is 6.49. The van der Waals surface area contributed by atoms with Crippen LogP contribution < -0.4 is 15.8 Å². The third kappa shape index (κ3) is 5.56. The van der Waals surface area contributed by atoms with Gasteiger partial charge in [-0.3, -0.25) is 9.59 Å². The lowest BCUT2D eigenvalue weighted by Crippen LogP contribution is -2.42. The van der Waals surface area contributed by atoms with Crippen molar-refractivity contribution in [2.45, 2.75) is 19.3 Å². The summed E-state index contributed by atoms with van der Waals surface area (Å²) in [5.41, 5.74) is 6.74. The maximum absolute atomic E-state index is 12.7. The lowest BCUT2D eigenvalue weighted by molar-refractivity contribution is -0.274. The molecule has 0 aliphatic heterocycles. The number of nitrogens with zero attached hydrogens (tertiary/aromatic N) is 2. The van der Waals surface area contributed by atoms with Gasteiger partial charge in [-0.05, 0) is 30.7 Å². The number of halogens is 3. The molecule has 0 unspecified atom stereocenters. The molecule has 0 saturated carbocycles. The van der Waals surface area contributed by atoms with Crippen molar-refractivity contribution in [1.29, 1.82) is 0 Å². The van der Waals surface area contributed by atoms with Crippen LogP contribution in [0, 0.1) is 0 Å². The molecule has 0 aliphatic carbocycles. The zero-order valence-electron chi connectivity index (χ0n) is 16.2. The predicted molar refractivity (Wildman–Crippen MR) is 106 cm³/mol. The van der Waals surface area contributed by atoms with E-state index in [1.165, 1.54) is 31.3 Å². The van der Waals surface area contributed by atoms with Crippen LogP contribution in [0.5, 0.6) is 5.75 Å². The Morgan fingerprint density at radius 2 is 1.77 bits per heavy atom. The van der Waals surface area contributed by atoms with Gasteiger partial charge in [-0.1, -0.05) is 36.4 Å². The van der Waals surface area contributed by atoms with Crippen molar-refractivity contribution in [2.75, 3.05) is 0 Å². The van der Waals surface area contributed by atoms with Gasteiger partial charge in [0.2, 0.25) is 11.7 Å². The molecular formula is C21H17F3N4O3. The molecule has 0 aliphatic rings. The number of hydrogen-bond acceptors (Lipinski definition) is 5. The fourth-order valence-corrected chi connectivity index (χ4v) is 2.73. The van der Waals surface area contributed by atoms with Crippen molar-refractivity contribution in [1.82, 2.24) is 15.3 Å². The van der Waals surface area contributed by atoms with E-state index in [1.54, 1.807) is 36.4 Å². The fourth-order valence-electron chi connectivity index (χ4n) is 2.73. The highest BCUT2D eigenvalue weighted by Gasteiger charge is 2.32. The van der Waals surface area contributed by atoms with Gasteiger partial charge >= 0.3 is 6.36 Å². The van der Waals surface area contributed by atoms with Crippen LogP contribution in [0.1, 0.15) is 17.5 Å². The summed E-state index contributed by atoms with van der Waals surface area (Å²) in [5, 5.41) is 2.38. The first-order valence-electron chi connectivity index (χ1n) is 9.03. The summed E-state index contributed by atoms with van der Waals surface area (Å²) in [6.45, 7) is 1.42. The SMILES string of the molecule is C[C@H](NC(=O)c1nccc(-c2cccc(-c3ccccc3OC(F)(F)F)c2)n1)C(N)=O. The summed E-state index contributed by atoms with van der Waals surface area (Å²) in [6.07, 6.45) is -3.47. The zero-order chi connectivity index (χ0) is 22.6. The number of ether oxygens (including phenoxy) is 1. The molecule has 2 amide bonds. The van der Waals surface area contributed by atoms with Crippen molar-refractivity contribution in [3.63, 3.8) is 0 Å². The van der Waals surface area contributed by atoms with E-state index < -0.39 is 24.2 Å². The molecule has 0 spiro atoms. The van der Waals surface area contributed by atoms with Gasteiger partial charge in [0.1, 0.15) is 11.8 Å². The van der Waals surface area contributed by atoms with Crippen LogP contribution in [0.25, 0.3) is 22.4 Å². The van der Waals surface area contributed by atoms with E-state index in [0.717, 1.165) is 0 Å². The van der Waals surface area contributed by atoms with Gasteiger partial charge in [0.05, 0.1) is 5.69 Å². The number of carbonyl (C=O) groups is 2.